The van der Waals surface area contributed by atoms with Crippen molar-refractivity contribution in [2.75, 3.05) is 19.6 Å². The van der Waals surface area contributed by atoms with E-state index in [2.05, 4.69) is 16.0 Å². The van der Waals surface area contributed by atoms with E-state index in [4.69, 9.17) is 11.6 Å². The van der Waals surface area contributed by atoms with Crippen molar-refractivity contribution in [3.8, 4) is 0 Å². The lowest BCUT2D eigenvalue weighted by atomic mass is 9.97. The molecule has 1 unspecified atom stereocenters. The predicted octanol–water partition coefficient (Wildman–Crippen LogP) is 0.822. The first-order valence-corrected chi connectivity index (χ1v) is 6.01. The number of benzene rings is 1. The first-order chi connectivity index (χ1) is 8.14. The van der Waals surface area contributed by atoms with Gasteiger partial charge >= 0.3 is 0 Å². The first kappa shape index (κ1) is 12.4. The van der Waals surface area contributed by atoms with E-state index in [-0.39, 0.29) is 5.91 Å². The molecule has 1 atom stereocenters. The second-order valence-electron chi connectivity index (χ2n) is 4.17. The third-order valence-electron chi connectivity index (χ3n) is 2.84. The van der Waals surface area contributed by atoms with Gasteiger partial charge in [0, 0.05) is 37.1 Å². The minimum Gasteiger partial charge on any atom is -0.333 e. The van der Waals surface area contributed by atoms with Crippen LogP contribution in [0, 0.1) is 0 Å². The van der Waals surface area contributed by atoms with Crippen LogP contribution in [0.3, 0.4) is 0 Å². The van der Waals surface area contributed by atoms with E-state index in [0.717, 1.165) is 18.7 Å². The third kappa shape index (κ3) is 2.60. The number of rotatable bonds is 2. The van der Waals surface area contributed by atoms with Crippen LogP contribution in [-0.2, 0) is 10.5 Å². The Balaban J connectivity index is 2.39. The third-order valence-corrected chi connectivity index (χ3v) is 3.17. The second kappa shape index (κ2) is 5.04. The van der Waals surface area contributed by atoms with Crippen molar-refractivity contribution in [3.05, 3.63) is 34.9 Å². The number of amides is 1. The lowest BCUT2D eigenvalue weighted by Gasteiger charge is -2.40. The summed E-state index contributed by atoms with van der Waals surface area (Å²) in [5.74, 6) is -0.0823. The molecule has 1 aliphatic rings. The van der Waals surface area contributed by atoms with Gasteiger partial charge in [-0.25, -0.2) is 0 Å². The zero-order valence-corrected chi connectivity index (χ0v) is 10.5. The van der Waals surface area contributed by atoms with E-state index >= 15 is 0 Å². The van der Waals surface area contributed by atoms with Crippen molar-refractivity contribution in [2.45, 2.75) is 12.6 Å². The van der Waals surface area contributed by atoms with Crippen molar-refractivity contribution >= 4 is 17.5 Å². The fourth-order valence-electron chi connectivity index (χ4n) is 2.16. The monoisotopic (exact) mass is 253 g/mol. The van der Waals surface area contributed by atoms with Crippen LogP contribution in [0.4, 0.5) is 0 Å². The van der Waals surface area contributed by atoms with Crippen molar-refractivity contribution < 1.29 is 4.79 Å². The van der Waals surface area contributed by atoms with Crippen LogP contribution in [0.15, 0.2) is 24.3 Å². The highest BCUT2D eigenvalue weighted by Gasteiger charge is 2.35. The van der Waals surface area contributed by atoms with Crippen LogP contribution >= 0.6 is 11.6 Å². The Morgan fingerprint density at radius 3 is 2.76 bits per heavy atom. The highest BCUT2D eigenvalue weighted by Crippen LogP contribution is 2.26. The van der Waals surface area contributed by atoms with E-state index in [9.17, 15) is 4.79 Å². The fourth-order valence-corrected chi connectivity index (χ4v) is 2.45. The van der Waals surface area contributed by atoms with Crippen LogP contribution in [-0.4, -0.2) is 25.5 Å². The molecule has 92 valence electrons. The van der Waals surface area contributed by atoms with Gasteiger partial charge in [-0.1, -0.05) is 29.8 Å². The number of hydrogen-bond donors (Lipinski definition) is 3. The molecule has 0 aromatic heterocycles. The molecule has 0 bridgehead atoms. The summed E-state index contributed by atoms with van der Waals surface area (Å²) in [5.41, 5.74) is 0.284. The summed E-state index contributed by atoms with van der Waals surface area (Å²) < 4.78 is 0. The van der Waals surface area contributed by atoms with Crippen LogP contribution in [0.1, 0.15) is 12.5 Å². The average Bonchev–Trinajstić information content (AvgIpc) is 2.29. The number of piperazine rings is 1. The molecular formula is C12H16ClN3O. The van der Waals surface area contributed by atoms with Gasteiger partial charge in [0.1, 0.15) is 5.66 Å². The molecule has 5 heteroatoms. The molecule has 1 amide bonds. The molecule has 1 aromatic rings. The summed E-state index contributed by atoms with van der Waals surface area (Å²) in [4.78, 5) is 11.4. The molecule has 17 heavy (non-hydrogen) atoms. The summed E-state index contributed by atoms with van der Waals surface area (Å²) in [6.07, 6.45) is 0. The molecule has 1 heterocycles. The zero-order valence-electron chi connectivity index (χ0n) is 9.72. The van der Waals surface area contributed by atoms with Gasteiger partial charge in [-0.05, 0) is 6.07 Å². The number of carbonyl (C=O) groups is 1. The molecule has 1 aromatic carbocycles. The van der Waals surface area contributed by atoms with E-state index in [1.165, 1.54) is 6.92 Å². The Morgan fingerprint density at radius 1 is 1.41 bits per heavy atom. The topological polar surface area (TPSA) is 53.2 Å². The normalized spacial score (nSPS) is 24.4. The molecule has 1 aliphatic heterocycles. The summed E-state index contributed by atoms with van der Waals surface area (Å²) in [6, 6.07) is 7.56. The summed E-state index contributed by atoms with van der Waals surface area (Å²) in [5, 5.41) is 10.2. The zero-order chi connectivity index (χ0) is 12.3. The minimum atomic E-state index is -0.609. The van der Waals surface area contributed by atoms with Gasteiger partial charge in [0.2, 0.25) is 5.91 Å². The van der Waals surface area contributed by atoms with Crippen molar-refractivity contribution in [2.24, 2.45) is 0 Å². The van der Waals surface area contributed by atoms with Gasteiger partial charge in [-0.15, -0.1) is 0 Å². The van der Waals surface area contributed by atoms with E-state index in [1.807, 2.05) is 24.3 Å². The maximum absolute atomic E-state index is 11.4. The fraction of sp³-hybridized carbons (Fsp3) is 0.417. The molecular weight excluding hydrogens is 238 g/mol. The van der Waals surface area contributed by atoms with E-state index in [1.54, 1.807) is 0 Å². The largest absolute Gasteiger partial charge is 0.333 e. The Hall–Kier alpha value is -1.10. The number of halogens is 1. The Labute approximate surface area is 106 Å². The highest BCUT2D eigenvalue weighted by molar-refractivity contribution is 6.31. The van der Waals surface area contributed by atoms with Gasteiger partial charge in [-0.2, -0.15) is 0 Å². The quantitative estimate of drug-likeness (QED) is 0.732. The molecule has 0 aliphatic carbocycles. The summed E-state index contributed by atoms with van der Waals surface area (Å²) in [6.45, 7) is 3.79. The number of hydrogen-bond acceptors (Lipinski definition) is 3. The smallest absolute Gasteiger partial charge is 0.218 e. The highest BCUT2D eigenvalue weighted by atomic mass is 35.5. The standard InChI is InChI=1S/C12H16ClN3O/c1-9(17)16-12(8-14-6-7-15-12)10-4-2-3-5-11(10)13/h2-5,14-15H,6-8H2,1H3,(H,16,17). The van der Waals surface area contributed by atoms with E-state index in [0.29, 0.717) is 11.6 Å². The minimum absolute atomic E-state index is 0.0823. The summed E-state index contributed by atoms with van der Waals surface area (Å²) in [7, 11) is 0. The van der Waals surface area contributed by atoms with Gasteiger partial charge in [0.25, 0.3) is 0 Å². The van der Waals surface area contributed by atoms with Crippen LogP contribution in [0.2, 0.25) is 5.02 Å². The number of nitrogens with one attached hydrogen (secondary N) is 3. The molecule has 2 rings (SSSR count). The molecule has 1 fully saturated rings. The summed E-state index contributed by atoms with van der Waals surface area (Å²) >= 11 is 6.21. The van der Waals surface area contributed by atoms with Crippen LogP contribution in [0.5, 0.6) is 0 Å². The van der Waals surface area contributed by atoms with Crippen molar-refractivity contribution in [3.63, 3.8) is 0 Å². The Morgan fingerprint density at radius 2 is 2.18 bits per heavy atom. The van der Waals surface area contributed by atoms with Gasteiger partial charge in [0.05, 0.1) is 0 Å². The molecule has 1 saturated heterocycles. The molecule has 3 N–H and O–H groups in total. The molecule has 4 nitrogen and oxygen atoms in total. The average molecular weight is 254 g/mol. The lowest BCUT2D eigenvalue weighted by Crippen LogP contribution is -2.65. The SMILES string of the molecule is CC(=O)NC1(c2ccccc2Cl)CNCCN1. The molecule has 0 saturated carbocycles. The first-order valence-electron chi connectivity index (χ1n) is 5.63. The van der Waals surface area contributed by atoms with E-state index < -0.39 is 5.66 Å². The Kier molecular flexibility index (Phi) is 3.66. The number of carbonyl (C=O) groups excluding carboxylic acids is 1. The molecule has 0 radical (unpaired) electrons. The maximum Gasteiger partial charge on any atom is 0.218 e. The van der Waals surface area contributed by atoms with Gasteiger partial charge < -0.3 is 10.6 Å². The van der Waals surface area contributed by atoms with Gasteiger partial charge in [-0.3, -0.25) is 10.1 Å². The lowest BCUT2D eigenvalue weighted by molar-refractivity contribution is -0.121. The second-order valence-corrected chi connectivity index (χ2v) is 4.58. The maximum atomic E-state index is 11.4. The van der Waals surface area contributed by atoms with Crippen LogP contribution in [0.25, 0.3) is 0 Å². The predicted molar refractivity (Wildman–Crippen MR) is 67.8 cm³/mol. The Bertz CT molecular complexity index is 416. The van der Waals surface area contributed by atoms with Crippen molar-refractivity contribution in [1.82, 2.24) is 16.0 Å². The van der Waals surface area contributed by atoms with Gasteiger partial charge in [0.15, 0.2) is 0 Å². The van der Waals surface area contributed by atoms with Crippen molar-refractivity contribution in [1.29, 1.82) is 0 Å². The molecule has 0 spiro atoms. The van der Waals surface area contributed by atoms with Crippen LogP contribution < -0.4 is 16.0 Å².